The lowest BCUT2D eigenvalue weighted by atomic mass is 9.99. The Morgan fingerprint density at radius 3 is 2.64 bits per heavy atom. The first-order valence-corrected chi connectivity index (χ1v) is 11.7. The normalized spacial score (nSPS) is 16.1. The van der Waals surface area contributed by atoms with Crippen molar-refractivity contribution < 1.29 is 4.74 Å². The van der Waals surface area contributed by atoms with E-state index in [2.05, 4.69) is 5.32 Å². The van der Waals surface area contributed by atoms with Crippen molar-refractivity contribution in [2.24, 2.45) is 5.92 Å². The van der Waals surface area contributed by atoms with E-state index >= 15 is 0 Å². The van der Waals surface area contributed by atoms with Gasteiger partial charge in [-0.1, -0.05) is 41.9 Å². The molecule has 168 valence electrons. The van der Waals surface area contributed by atoms with E-state index in [-0.39, 0.29) is 5.56 Å². The largest absolute Gasteiger partial charge is 0.496 e. The number of piperidine rings is 1. The zero-order chi connectivity index (χ0) is 22.8. The average molecular weight is 460 g/mol. The molecule has 2 heterocycles. The number of para-hydroxylation sites is 1. The number of benzene rings is 3. The first-order chi connectivity index (χ1) is 16.1. The zero-order valence-corrected chi connectivity index (χ0v) is 19.3. The van der Waals surface area contributed by atoms with Crippen molar-refractivity contribution in [1.82, 2.24) is 14.9 Å². The molecule has 0 bridgehead atoms. The van der Waals surface area contributed by atoms with Crippen LogP contribution in [0.25, 0.3) is 33.4 Å². The molecule has 1 N–H and O–H groups in total. The molecule has 1 atom stereocenters. The lowest BCUT2D eigenvalue weighted by molar-refractivity contribution is 0.334. The molecule has 33 heavy (non-hydrogen) atoms. The number of halogens is 1. The van der Waals surface area contributed by atoms with E-state index in [1.807, 2.05) is 71.3 Å². The van der Waals surface area contributed by atoms with E-state index in [0.29, 0.717) is 40.0 Å². The summed E-state index contributed by atoms with van der Waals surface area (Å²) in [6, 6.07) is 21.3. The fourth-order valence-corrected chi connectivity index (χ4v) is 4.71. The van der Waals surface area contributed by atoms with Crippen LogP contribution in [0.1, 0.15) is 12.8 Å². The molecule has 0 unspecified atom stereocenters. The molecular weight excluding hydrogens is 434 g/mol. The van der Waals surface area contributed by atoms with Gasteiger partial charge in [0.05, 0.1) is 23.6 Å². The molecule has 0 spiro atoms. The van der Waals surface area contributed by atoms with Gasteiger partial charge < -0.3 is 10.1 Å². The molecule has 1 saturated heterocycles. The summed E-state index contributed by atoms with van der Waals surface area (Å²) in [7, 11) is 1.64. The number of aromatic nitrogens is 2. The summed E-state index contributed by atoms with van der Waals surface area (Å²) in [5.74, 6) is 1.73. The first kappa shape index (κ1) is 21.7. The van der Waals surface area contributed by atoms with Crippen LogP contribution in [-0.4, -0.2) is 29.8 Å². The van der Waals surface area contributed by atoms with E-state index in [1.165, 1.54) is 0 Å². The van der Waals surface area contributed by atoms with Gasteiger partial charge >= 0.3 is 0 Å². The molecule has 6 heteroatoms. The number of hydrogen-bond acceptors (Lipinski definition) is 4. The average Bonchev–Trinajstić information content (AvgIpc) is 2.86. The second-order valence-electron chi connectivity index (χ2n) is 8.50. The van der Waals surface area contributed by atoms with Crippen molar-refractivity contribution in [3.8, 4) is 28.3 Å². The van der Waals surface area contributed by atoms with Crippen molar-refractivity contribution in [2.75, 3.05) is 20.2 Å². The highest BCUT2D eigenvalue weighted by Crippen LogP contribution is 2.31. The highest BCUT2D eigenvalue weighted by atomic mass is 35.5. The molecule has 4 aromatic rings. The Labute approximate surface area is 198 Å². The number of rotatable bonds is 5. The lowest BCUT2D eigenvalue weighted by Crippen LogP contribution is -2.35. The monoisotopic (exact) mass is 459 g/mol. The Kier molecular flexibility index (Phi) is 6.16. The maximum absolute atomic E-state index is 13.9. The van der Waals surface area contributed by atoms with Crippen molar-refractivity contribution in [3.05, 3.63) is 82.1 Å². The smallest absolute Gasteiger partial charge is 0.261 e. The van der Waals surface area contributed by atoms with Gasteiger partial charge in [-0.25, -0.2) is 4.98 Å². The van der Waals surface area contributed by atoms with E-state index in [4.69, 9.17) is 21.3 Å². The van der Waals surface area contributed by atoms with Crippen LogP contribution in [0, 0.1) is 5.92 Å². The standard InChI is InChI=1S/C27H26ClN3O2/c1-33-25-7-3-2-6-22(25)26-30-24-13-10-20(19-8-11-21(28)12-9-19)15-23(24)27(32)31(26)17-18-5-4-14-29-16-18/h2-3,6-13,15,18,29H,4-5,14,16-17H2,1H3/t18-/m0/s1. The van der Waals surface area contributed by atoms with Gasteiger partial charge in [-0.3, -0.25) is 9.36 Å². The Balaban J connectivity index is 1.69. The molecule has 1 aromatic heterocycles. The van der Waals surface area contributed by atoms with Gasteiger partial charge in [0, 0.05) is 11.6 Å². The third-order valence-corrected chi connectivity index (χ3v) is 6.57. The minimum atomic E-state index is -0.0257. The van der Waals surface area contributed by atoms with Crippen LogP contribution >= 0.6 is 11.6 Å². The third-order valence-electron chi connectivity index (χ3n) is 6.32. The summed E-state index contributed by atoms with van der Waals surface area (Å²) in [6.07, 6.45) is 2.21. The van der Waals surface area contributed by atoms with Gasteiger partial charge in [-0.2, -0.15) is 0 Å². The van der Waals surface area contributed by atoms with Crippen molar-refractivity contribution in [2.45, 2.75) is 19.4 Å². The van der Waals surface area contributed by atoms with Gasteiger partial charge in [0.25, 0.3) is 5.56 Å². The van der Waals surface area contributed by atoms with Gasteiger partial charge in [0.1, 0.15) is 11.6 Å². The van der Waals surface area contributed by atoms with Crippen LogP contribution in [0.2, 0.25) is 5.02 Å². The summed E-state index contributed by atoms with van der Waals surface area (Å²) in [5.41, 5.74) is 3.45. The summed E-state index contributed by atoms with van der Waals surface area (Å²) in [5, 5.41) is 4.76. The summed E-state index contributed by atoms with van der Waals surface area (Å²) in [6.45, 7) is 2.55. The van der Waals surface area contributed by atoms with Gasteiger partial charge in [-0.15, -0.1) is 0 Å². The maximum atomic E-state index is 13.9. The Hall–Kier alpha value is -3.15. The number of ether oxygens (including phenoxy) is 1. The van der Waals surface area contributed by atoms with Crippen LogP contribution in [0.5, 0.6) is 5.75 Å². The van der Waals surface area contributed by atoms with E-state index in [9.17, 15) is 4.79 Å². The predicted octanol–water partition coefficient (Wildman–Crippen LogP) is 5.39. The second-order valence-corrected chi connectivity index (χ2v) is 8.94. The molecule has 3 aromatic carbocycles. The Bertz CT molecular complexity index is 1340. The molecule has 1 fully saturated rings. The minimum Gasteiger partial charge on any atom is -0.496 e. The quantitative estimate of drug-likeness (QED) is 0.434. The molecule has 0 amide bonds. The fraction of sp³-hybridized carbons (Fsp3) is 0.259. The summed E-state index contributed by atoms with van der Waals surface area (Å²) < 4.78 is 7.44. The minimum absolute atomic E-state index is 0.0257. The third kappa shape index (κ3) is 4.39. The molecule has 0 aliphatic carbocycles. The summed E-state index contributed by atoms with van der Waals surface area (Å²) >= 11 is 6.05. The topological polar surface area (TPSA) is 56.1 Å². The van der Waals surface area contributed by atoms with Gasteiger partial charge in [0.15, 0.2) is 0 Å². The fourth-order valence-electron chi connectivity index (χ4n) is 4.59. The maximum Gasteiger partial charge on any atom is 0.261 e. The number of methoxy groups -OCH3 is 1. The van der Waals surface area contributed by atoms with Crippen LogP contribution < -0.4 is 15.6 Å². The molecule has 1 aliphatic heterocycles. The molecular formula is C27H26ClN3O2. The second kappa shape index (κ2) is 9.38. The van der Waals surface area contributed by atoms with Crippen molar-refractivity contribution >= 4 is 22.5 Å². The molecule has 0 radical (unpaired) electrons. The zero-order valence-electron chi connectivity index (χ0n) is 18.6. The van der Waals surface area contributed by atoms with Crippen molar-refractivity contribution in [3.63, 3.8) is 0 Å². The SMILES string of the molecule is COc1ccccc1-c1nc2ccc(-c3ccc(Cl)cc3)cc2c(=O)n1C[C@H]1CCCNC1. The lowest BCUT2D eigenvalue weighted by Gasteiger charge is -2.25. The van der Waals surface area contributed by atoms with E-state index in [0.717, 1.165) is 42.6 Å². The van der Waals surface area contributed by atoms with E-state index in [1.54, 1.807) is 7.11 Å². The number of hydrogen-bond donors (Lipinski definition) is 1. The highest BCUT2D eigenvalue weighted by Gasteiger charge is 2.21. The van der Waals surface area contributed by atoms with Crippen LogP contribution in [0.15, 0.2) is 71.5 Å². The van der Waals surface area contributed by atoms with E-state index < -0.39 is 0 Å². The molecule has 0 saturated carbocycles. The Morgan fingerprint density at radius 2 is 1.88 bits per heavy atom. The predicted molar refractivity (Wildman–Crippen MR) is 134 cm³/mol. The highest BCUT2D eigenvalue weighted by molar-refractivity contribution is 6.30. The van der Waals surface area contributed by atoms with Gasteiger partial charge in [-0.05, 0) is 79.4 Å². The molecule has 5 rings (SSSR count). The van der Waals surface area contributed by atoms with Crippen LogP contribution in [0.4, 0.5) is 0 Å². The van der Waals surface area contributed by atoms with Crippen LogP contribution in [0.3, 0.4) is 0 Å². The summed E-state index contributed by atoms with van der Waals surface area (Å²) in [4.78, 5) is 18.8. The Morgan fingerprint density at radius 1 is 1.09 bits per heavy atom. The number of nitrogens with one attached hydrogen (secondary N) is 1. The van der Waals surface area contributed by atoms with Gasteiger partial charge in [0.2, 0.25) is 0 Å². The molecule has 1 aliphatic rings. The van der Waals surface area contributed by atoms with Crippen LogP contribution in [-0.2, 0) is 6.54 Å². The molecule has 5 nitrogen and oxygen atoms in total. The first-order valence-electron chi connectivity index (χ1n) is 11.3. The number of nitrogens with zero attached hydrogens (tertiary/aromatic N) is 2. The number of fused-ring (bicyclic) bond motifs is 1. The van der Waals surface area contributed by atoms with Crippen molar-refractivity contribution in [1.29, 1.82) is 0 Å².